The predicted molar refractivity (Wildman–Crippen MR) is 53.0 cm³/mol. The van der Waals surface area contributed by atoms with Crippen molar-refractivity contribution in [1.82, 2.24) is 0 Å². The van der Waals surface area contributed by atoms with Crippen molar-refractivity contribution in [1.29, 1.82) is 0 Å². The molecule has 0 aromatic heterocycles. The first-order valence-corrected chi connectivity index (χ1v) is 4.62. The lowest BCUT2D eigenvalue weighted by atomic mass is 10.1. The van der Waals surface area contributed by atoms with Gasteiger partial charge in [-0.05, 0) is 5.92 Å². The van der Waals surface area contributed by atoms with E-state index in [9.17, 15) is 0 Å². The van der Waals surface area contributed by atoms with Gasteiger partial charge in [0, 0.05) is 12.3 Å². The first-order chi connectivity index (χ1) is 4.91. The van der Waals surface area contributed by atoms with Gasteiger partial charge in [-0.2, -0.15) is 0 Å². The third-order valence-electron chi connectivity index (χ3n) is 1.24. The fourth-order valence-corrected chi connectivity index (χ4v) is 0.471. The predicted octanol–water partition coefficient (Wildman–Crippen LogP) is 2.81. The zero-order valence-corrected chi connectivity index (χ0v) is 8.94. The second kappa shape index (κ2) is 8.06. The van der Waals surface area contributed by atoms with Crippen molar-refractivity contribution in [2.45, 2.75) is 54.1 Å². The van der Waals surface area contributed by atoms with Gasteiger partial charge in [0.05, 0.1) is 0 Å². The molecule has 0 rings (SSSR count). The lowest BCUT2D eigenvalue weighted by Gasteiger charge is -2.05. The van der Waals surface area contributed by atoms with Gasteiger partial charge in [0.2, 0.25) is 0 Å². The molecule has 2 N–H and O–H groups in total. The smallest absolute Gasteiger partial charge is 0.155 e. The van der Waals surface area contributed by atoms with Crippen LogP contribution in [-0.4, -0.2) is 11.2 Å². The van der Waals surface area contributed by atoms with E-state index in [0.717, 1.165) is 12.3 Å². The van der Waals surface area contributed by atoms with Crippen LogP contribution in [0.2, 0.25) is 0 Å². The molecule has 11 heavy (non-hydrogen) atoms. The van der Waals surface area contributed by atoms with Gasteiger partial charge in [-0.1, -0.05) is 41.5 Å². The average Bonchev–Trinajstić information content (AvgIpc) is 1.85. The largest absolute Gasteiger partial charge is 0.443 e. The number of rotatable bonds is 2. The van der Waals surface area contributed by atoms with Crippen molar-refractivity contribution >= 4 is 0 Å². The maximum atomic E-state index is 7.28. The Labute approximate surface area is 71.8 Å². The third kappa shape index (κ3) is 17.8. The van der Waals surface area contributed by atoms with Crippen LogP contribution in [0.25, 0.3) is 0 Å². The number of hydrogen-bond donors (Lipinski definition) is 0. The van der Waals surface area contributed by atoms with Crippen molar-refractivity contribution in [2.75, 3.05) is 0 Å². The van der Waals surface area contributed by atoms with Gasteiger partial charge in [0.15, 0.2) is 6.10 Å². The minimum absolute atomic E-state index is 0.153. The van der Waals surface area contributed by atoms with Crippen molar-refractivity contribution in [3.63, 3.8) is 0 Å². The first-order valence-electron chi connectivity index (χ1n) is 4.62. The third-order valence-corrected chi connectivity index (χ3v) is 1.24. The van der Waals surface area contributed by atoms with E-state index >= 15 is 0 Å². The normalized spacial score (nSPS) is 12.8. The fourth-order valence-electron chi connectivity index (χ4n) is 0.471. The Morgan fingerprint density at radius 1 is 1.00 bits per heavy atom. The van der Waals surface area contributed by atoms with Crippen molar-refractivity contribution in [3.8, 4) is 0 Å². The van der Waals surface area contributed by atoms with Crippen LogP contribution in [0.5, 0.6) is 0 Å². The molecule has 1 unspecified atom stereocenters. The zero-order chi connectivity index (χ0) is 9.44. The molecule has 1 heteroatoms. The molecular formula is C10H25O+. The second-order valence-electron chi connectivity index (χ2n) is 3.99. The van der Waals surface area contributed by atoms with Gasteiger partial charge < -0.3 is 5.11 Å². The topological polar surface area (TPSA) is 22.9 Å². The molecule has 0 saturated heterocycles. The van der Waals surface area contributed by atoms with Crippen LogP contribution in [0.3, 0.4) is 0 Å². The molecule has 0 heterocycles. The molecule has 0 radical (unpaired) electrons. The van der Waals surface area contributed by atoms with Crippen LogP contribution >= 0.6 is 0 Å². The summed E-state index contributed by atoms with van der Waals surface area (Å²) in [6, 6.07) is 0. The minimum atomic E-state index is 0.153. The van der Waals surface area contributed by atoms with Crippen molar-refractivity contribution < 1.29 is 5.11 Å². The van der Waals surface area contributed by atoms with Crippen LogP contribution in [0.4, 0.5) is 0 Å². The molecule has 0 fully saturated rings. The van der Waals surface area contributed by atoms with Gasteiger partial charge in [0.1, 0.15) is 0 Å². The molecule has 0 aromatic carbocycles. The highest BCUT2D eigenvalue weighted by molar-refractivity contribution is 4.54. The Hall–Kier alpha value is -0.0400. The second-order valence-corrected chi connectivity index (χ2v) is 3.99. The van der Waals surface area contributed by atoms with Crippen LogP contribution < -0.4 is 0 Å². The summed E-state index contributed by atoms with van der Waals surface area (Å²) in [5, 5.41) is 7.28. The Bertz CT molecular complexity index is 64.5. The average molecular weight is 161 g/mol. The van der Waals surface area contributed by atoms with Gasteiger partial charge >= 0.3 is 0 Å². The highest BCUT2D eigenvalue weighted by Gasteiger charge is 2.08. The van der Waals surface area contributed by atoms with E-state index in [1.165, 1.54) is 0 Å². The minimum Gasteiger partial charge on any atom is -0.443 e. The molecule has 0 saturated carbocycles. The summed E-state index contributed by atoms with van der Waals surface area (Å²) >= 11 is 0. The molecular weight excluding hydrogens is 136 g/mol. The molecule has 1 nitrogen and oxygen atoms in total. The highest BCUT2D eigenvalue weighted by atomic mass is 16.3. The summed E-state index contributed by atoms with van der Waals surface area (Å²) < 4.78 is 0. The van der Waals surface area contributed by atoms with Gasteiger partial charge in [-0.15, -0.1) is 0 Å². The molecule has 1 atom stereocenters. The SMILES string of the molecule is CC(C)C.CCC([OH2+])C(C)C. The molecule has 70 valence electrons. The van der Waals surface area contributed by atoms with Crippen LogP contribution in [-0.2, 0) is 0 Å². The summed E-state index contributed by atoms with van der Waals surface area (Å²) in [6.07, 6.45) is 1.14. The Balaban J connectivity index is 0. The van der Waals surface area contributed by atoms with Crippen LogP contribution in [0.15, 0.2) is 0 Å². The van der Waals surface area contributed by atoms with E-state index in [1.54, 1.807) is 0 Å². The van der Waals surface area contributed by atoms with E-state index < -0.39 is 0 Å². The molecule has 0 spiro atoms. The summed E-state index contributed by atoms with van der Waals surface area (Å²) in [4.78, 5) is 0. The van der Waals surface area contributed by atoms with E-state index in [2.05, 4.69) is 41.5 Å². The van der Waals surface area contributed by atoms with Gasteiger partial charge in [-0.3, -0.25) is 0 Å². The van der Waals surface area contributed by atoms with Crippen LogP contribution in [0, 0.1) is 11.8 Å². The van der Waals surface area contributed by atoms with Crippen molar-refractivity contribution in [3.05, 3.63) is 0 Å². The summed E-state index contributed by atoms with van der Waals surface area (Å²) in [7, 11) is 0. The molecule has 0 amide bonds. The summed E-state index contributed by atoms with van der Waals surface area (Å²) in [6.45, 7) is 12.7. The Morgan fingerprint density at radius 3 is 1.27 bits per heavy atom. The maximum absolute atomic E-state index is 7.28. The quantitative estimate of drug-likeness (QED) is 0.556. The van der Waals surface area contributed by atoms with E-state index in [0.29, 0.717) is 5.92 Å². The molecule has 0 bridgehead atoms. The maximum Gasteiger partial charge on any atom is 0.155 e. The summed E-state index contributed by atoms with van der Waals surface area (Å²) in [5.74, 6) is 1.37. The molecule has 0 aliphatic carbocycles. The first kappa shape index (κ1) is 13.5. The zero-order valence-electron chi connectivity index (χ0n) is 8.94. The van der Waals surface area contributed by atoms with E-state index in [-0.39, 0.29) is 6.10 Å². The summed E-state index contributed by atoms with van der Waals surface area (Å²) in [5.41, 5.74) is 0. The monoisotopic (exact) mass is 161 g/mol. The van der Waals surface area contributed by atoms with E-state index in [4.69, 9.17) is 5.11 Å². The molecule has 0 aliphatic rings. The van der Waals surface area contributed by atoms with Crippen molar-refractivity contribution in [2.24, 2.45) is 11.8 Å². The number of hydrogen-bond acceptors (Lipinski definition) is 0. The van der Waals surface area contributed by atoms with Gasteiger partial charge in [0.25, 0.3) is 0 Å². The van der Waals surface area contributed by atoms with Gasteiger partial charge in [-0.25, -0.2) is 0 Å². The Morgan fingerprint density at radius 2 is 1.27 bits per heavy atom. The standard InChI is InChI=1S/C6H14O.C4H10/c1-4-6(7)5(2)3;1-4(2)3/h5-7H,4H2,1-3H3;4H,1-3H3/p+1. The Kier molecular flexibility index (Phi) is 9.92. The van der Waals surface area contributed by atoms with Crippen LogP contribution in [0.1, 0.15) is 48.0 Å². The lowest BCUT2D eigenvalue weighted by molar-refractivity contribution is 0.121. The lowest BCUT2D eigenvalue weighted by Crippen LogP contribution is -2.11. The molecule has 0 aliphatic heterocycles. The fraction of sp³-hybridized carbons (Fsp3) is 1.00. The highest BCUT2D eigenvalue weighted by Crippen LogP contribution is 2.02. The molecule has 0 aromatic rings. The van der Waals surface area contributed by atoms with E-state index in [1.807, 2.05) is 0 Å².